The highest BCUT2D eigenvalue weighted by molar-refractivity contribution is 7.47. The Balaban J connectivity index is 4.51. The molecule has 0 saturated heterocycles. The van der Waals surface area contributed by atoms with Crippen LogP contribution in [-0.2, 0) is 32.7 Å². The third kappa shape index (κ3) is 30.6. The van der Waals surface area contributed by atoms with Crippen molar-refractivity contribution >= 4 is 19.8 Å². The molecule has 0 aliphatic heterocycles. The molecule has 0 aliphatic rings. The highest BCUT2D eigenvalue weighted by Gasteiger charge is 2.27. The fraction of sp³-hybridized carbons (Fsp3) is 0.879. The first kappa shape index (κ1) is 41.8. The number of esters is 2. The maximum absolute atomic E-state index is 12.5. The number of ether oxygens (including phenoxy) is 2. The molecule has 0 heterocycles. The number of hydrogen-bond acceptors (Lipinski definition) is 7. The van der Waals surface area contributed by atoms with Gasteiger partial charge >= 0.3 is 19.8 Å². The Hall–Kier alpha value is -1.25. The third-order valence-electron chi connectivity index (χ3n) is 7.06. The lowest BCUT2D eigenvalue weighted by Gasteiger charge is -2.24. The fourth-order valence-electron chi connectivity index (χ4n) is 4.37. The number of allylic oxidation sites excluding steroid dienone is 2. The summed E-state index contributed by atoms with van der Waals surface area (Å²) >= 11 is 0. The lowest BCUT2D eigenvalue weighted by atomic mass is 10.1. The van der Waals surface area contributed by atoms with Gasteiger partial charge in [0.05, 0.1) is 27.7 Å². The van der Waals surface area contributed by atoms with Crippen molar-refractivity contribution in [2.45, 2.75) is 142 Å². The Morgan fingerprint density at radius 3 is 1.81 bits per heavy atom. The van der Waals surface area contributed by atoms with Gasteiger partial charge in [0.1, 0.15) is 19.8 Å². The maximum Gasteiger partial charge on any atom is 0.472 e. The van der Waals surface area contributed by atoms with E-state index in [2.05, 4.69) is 26.0 Å². The van der Waals surface area contributed by atoms with E-state index in [0.717, 1.165) is 57.8 Å². The molecular weight excluding hydrogens is 569 g/mol. The summed E-state index contributed by atoms with van der Waals surface area (Å²) in [6, 6.07) is 0. The van der Waals surface area contributed by atoms with Crippen molar-refractivity contribution < 1.29 is 42.1 Å². The Morgan fingerprint density at radius 1 is 0.721 bits per heavy atom. The van der Waals surface area contributed by atoms with E-state index in [1.165, 1.54) is 44.9 Å². The standard InChI is InChI=1S/C33H64NO8P/c1-6-8-10-12-14-16-18-19-21-23-25-32(35)39-29-31(30-41-43(37,38)40-28-27-34(3,4)5)42-33(36)26-24-22-20-17-15-13-11-9-7-2/h9,11,31H,6-8,10,12-30H2,1-5H3/p+1/b11-9+/t31-/m0/s1. The maximum atomic E-state index is 12.5. The van der Waals surface area contributed by atoms with E-state index in [0.29, 0.717) is 23.9 Å². The van der Waals surface area contributed by atoms with Crippen molar-refractivity contribution in [1.29, 1.82) is 0 Å². The van der Waals surface area contributed by atoms with Crippen LogP contribution in [-0.4, -0.2) is 74.9 Å². The molecule has 254 valence electrons. The molecule has 0 amide bonds. The molecule has 1 unspecified atom stereocenters. The average molecular weight is 635 g/mol. The molecule has 0 rings (SSSR count). The molecule has 43 heavy (non-hydrogen) atoms. The van der Waals surface area contributed by atoms with E-state index in [1.54, 1.807) is 0 Å². The van der Waals surface area contributed by atoms with Crippen LogP contribution in [0.2, 0.25) is 0 Å². The van der Waals surface area contributed by atoms with Crippen LogP contribution < -0.4 is 0 Å². The van der Waals surface area contributed by atoms with Crippen molar-refractivity contribution in [3.05, 3.63) is 12.2 Å². The van der Waals surface area contributed by atoms with Crippen LogP contribution in [0.25, 0.3) is 0 Å². The van der Waals surface area contributed by atoms with E-state index in [9.17, 15) is 19.0 Å². The first-order chi connectivity index (χ1) is 20.5. The molecule has 0 saturated carbocycles. The summed E-state index contributed by atoms with van der Waals surface area (Å²) in [5.41, 5.74) is 0. The third-order valence-corrected chi connectivity index (χ3v) is 8.04. The number of hydrogen-bond donors (Lipinski definition) is 1. The number of carbonyl (C=O) groups is 2. The summed E-state index contributed by atoms with van der Waals surface area (Å²) in [5, 5.41) is 0. The molecule has 0 bridgehead atoms. The van der Waals surface area contributed by atoms with Gasteiger partial charge < -0.3 is 18.9 Å². The van der Waals surface area contributed by atoms with Crippen LogP contribution in [0.4, 0.5) is 0 Å². The van der Waals surface area contributed by atoms with Gasteiger partial charge in [0, 0.05) is 12.8 Å². The number of quaternary nitrogens is 1. The molecule has 0 aliphatic carbocycles. The minimum atomic E-state index is -4.35. The molecule has 0 aromatic heterocycles. The van der Waals surface area contributed by atoms with E-state index < -0.39 is 26.5 Å². The summed E-state index contributed by atoms with van der Waals surface area (Å²) in [7, 11) is 1.47. The van der Waals surface area contributed by atoms with Crippen molar-refractivity contribution in [3.63, 3.8) is 0 Å². The molecule has 0 spiro atoms. The zero-order valence-corrected chi connectivity index (χ0v) is 29.1. The van der Waals surface area contributed by atoms with Crippen LogP contribution in [0.3, 0.4) is 0 Å². The molecule has 9 nitrogen and oxygen atoms in total. The van der Waals surface area contributed by atoms with Crippen LogP contribution in [0.5, 0.6) is 0 Å². The number of carbonyl (C=O) groups excluding carboxylic acids is 2. The van der Waals surface area contributed by atoms with E-state index in [1.807, 2.05) is 21.1 Å². The van der Waals surface area contributed by atoms with Gasteiger partial charge in [-0.25, -0.2) is 4.57 Å². The predicted molar refractivity (Wildman–Crippen MR) is 174 cm³/mol. The van der Waals surface area contributed by atoms with Gasteiger partial charge in [-0.15, -0.1) is 0 Å². The summed E-state index contributed by atoms with van der Waals surface area (Å²) in [5.74, 6) is -0.815. The molecule has 2 atom stereocenters. The van der Waals surface area contributed by atoms with Crippen molar-refractivity contribution in [3.8, 4) is 0 Å². The second kappa shape index (κ2) is 27.1. The summed E-state index contributed by atoms with van der Waals surface area (Å²) < 4.78 is 33.9. The van der Waals surface area contributed by atoms with Crippen LogP contribution in [0.1, 0.15) is 136 Å². The molecule has 0 aromatic rings. The van der Waals surface area contributed by atoms with Gasteiger partial charge in [0.15, 0.2) is 6.10 Å². The van der Waals surface area contributed by atoms with Gasteiger partial charge in [-0.3, -0.25) is 18.6 Å². The topological polar surface area (TPSA) is 108 Å². The normalized spacial score (nSPS) is 14.1. The molecule has 10 heteroatoms. The Bertz CT molecular complexity index is 768. The van der Waals surface area contributed by atoms with Crippen molar-refractivity contribution in [1.82, 2.24) is 0 Å². The number of phosphoric acid groups is 1. The summed E-state index contributed by atoms with van der Waals surface area (Å²) in [6.45, 7) is 4.26. The number of likely N-dealkylation sites (N-methyl/N-ethyl adjacent to an activating group) is 1. The predicted octanol–water partition coefficient (Wildman–Crippen LogP) is 8.29. The lowest BCUT2D eigenvalue weighted by Crippen LogP contribution is -2.37. The largest absolute Gasteiger partial charge is 0.472 e. The van der Waals surface area contributed by atoms with Gasteiger partial charge in [-0.1, -0.05) is 103 Å². The van der Waals surface area contributed by atoms with Gasteiger partial charge in [-0.05, 0) is 32.1 Å². The monoisotopic (exact) mass is 634 g/mol. The number of nitrogens with zero attached hydrogens (tertiary/aromatic N) is 1. The first-order valence-electron chi connectivity index (χ1n) is 16.9. The fourth-order valence-corrected chi connectivity index (χ4v) is 5.11. The number of phosphoric ester groups is 1. The Morgan fingerprint density at radius 2 is 1.26 bits per heavy atom. The van der Waals surface area contributed by atoms with Gasteiger partial charge in [0.2, 0.25) is 0 Å². The lowest BCUT2D eigenvalue weighted by molar-refractivity contribution is -0.870. The average Bonchev–Trinajstić information content (AvgIpc) is 2.93. The van der Waals surface area contributed by atoms with Crippen LogP contribution in [0, 0.1) is 0 Å². The molecule has 0 fully saturated rings. The zero-order chi connectivity index (χ0) is 32.2. The zero-order valence-electron chi connectivity index (χ0n) is 28.2. The highest BCUT2D eigenvalue weighted by Crippen LogP contribution is 2.43. The van der Waals surface area contributed by atoms with Crippen LogP contribution in [0.15, 0.2) is 12.2 Å². The van der Waals surface area contributed by atoms with Gasteiger partial charge in [0.25, 0.3) is 0 Å². The number of unbranched alkanes of at least 4 members (excludes halogenated alkanes) is 14. The quantitative estimate of drug-likeness (QED) is 0.0276. The Kier molecular flexibility index (Phi) is 26.3. The molecule has 1 N–H and O–H groups in total. The second-order valence-corrected chi connectivity index (χ2v) is 14.0. The smallest absolute Gasteiger partial charge is 0.462 e. The first-order valence-corrected chi connectivity index (χ1v) is 18.4. The SMILES string of the molecule is CC/C=C/CCCCCCCC(=O)O[C@@H](COC(=O)CCCCCCCCCCCC)COP(=O)(O)OCC[N+](C)(C)C. The minimum Gasteiger partial charge on any atom is -0.462 e. The second-order valence-electron chi connectivity index (χ2n) is 12.5. The van der Waals surface area contributed by atoms with Gasteiger partial charge in [-0.2, -0.15) is 0 Å². The van der Waals surface area contributed by atoms with Crippen molar-refractivity contribution in [2.24, 2.45) is 0 Å². The number of rotatable bonds is 30. The van der Waals surface area contributed by atoms with E-state index in [-0.39, 0.29) is 25.6 Å². The van der Waals surface area contributed by atoms with Crippen molar-refractivity contribution in [2.75, 3.05) is 47.5 Å². The van der Waals surface area contributed by atoms with Crippen LogP contribution >= 0.6 is 7.82 Å². The van der Waals surface area contributed by atoms with E-state index in [4.69, 9.17) is 18.5 Å². The highest BCUT2D eigenvalue weighted by atomic mass is 31.2. The summed E-state index contributed by atoms with van der Waals surface area (Å²) in [4.78, 5) is 34.9. The Labute approximate surface area is 263 Å². The minimum absolute atomic E-state index is 0.0322. The molecule has 0 aromatic carbocycles. The summed E-state index contributed by atoms with van der Waals surface area (Å²) in [6.07, 6.45) is 22.7. The van der Waals surface area contributed by atoms with E-state index >= 15 is 0 Å². The molecule has 0 radical (unpaired) electrons. The molecular formula is C33H65NO8P+.